The molecule has 2 aromatic rings. The Labute approximate surface area is 272 Å². The molecule has 10 nitrogen and oxygen atoms in total. The van der Waals surface area contributed by atoms with E-state index >= 15 is 0 Å². The van der Waals surface area contributed by atoms with Gasteiger partial charge in [-0.1, -0.05) is 62.8 Å². The molecule has 2 aromatic carbocycles. The second-order valence-electron chi connectivity index (χ2n) is 12.5. The zero-order chi connectivity index (χ0) is 32.7. The number of benzene rings is 2. The quantitative estimate of drug-likeness (QED) is 0.112. The number of carbonyl (C=O) groups is 4. The highest BCUT2D eigenvalue weighted by Crippen LogP contribution is 2.26. The number of hydrazone groups is 2. The van der Waals surface area contributed by atoms with Crippen LogP contribution in [0, 0.1) is 11.8 Å². The Kier molecular flexibility index (Phi) is 13.5. The first kappa shape index (κ1) is 34.5. The van der Waals surface area contributed by atoms with Crippen molar-refractivity contribution in [3.63, 3.8) is 0 Å². The minimum Gasteiger partial charge on any atom is -0.326 e. The summed E-state index contributed by atoms with van der Waals surface area (Å²) in [5.74, 6) is -0.0667. The van der Waals surface area contributed by atoms with E-state index in [1.165, 1.54) is 12.8 Å². The summed E-state index contributed by atoms with van der Waals surface area (Å²) in [5, 5.41) is 14.4. The molecule has 2 aliphatic rings. The average molecular weight is 629 g/mol. The predicted octanol–water partition coefficient (Wildman–Crippen LogP) is 6.67. The van der Waals surface area contributed by atoms with Gasteiger partial charge in [0.15, 0.2) is 0 Å². The highest BCUT2D eigenvalue weighted by molar-refractivity contribution is 6.01. The molecule has 4 N–H and O–H groups in total. The van der Waals surface area contributed by atoms with E-state index < -0.39 is 0 Å². The maximum atomic E-state index is 12.5. The summed E-state index contributed by atoms with van der Waals surface area (Å²) in [6.07, 6.45) is 12.3. The van der Waals surface area contributed by atoms with Crippen LogP contribution in [-0.2, 0) is 19.2 Å². The smallest absolute Gasteiger partial charge is 0.240 e. The van der Waals surface area contributed by atoms with Crippen molar-refractivity contribution in [2.24, 2.45) is 22.0 Å². The van der Waals surface area contributed by atoms with Gasteiger partial charge in [0.25, 0.3) is 0 Å². The minimum absolute atomic E-state index is 0.0873. The second kappa shape index (κ2) is 18.0. The molecule has 4 amide bonds. The van der Waals surface area contributed by atoms with Crippen molar-refractivity contribution in [1.82, 2.24) is 10.9 Å². The Morgan fingerprint density at radius 2 is 0.913 bits per heavy atom. The number of nitrogens with zero attached hydrogens (tertiary/aromatic N) is 2. The van der Waals surface area contributed by atoms with E-state index in [1.807, 2.05) is 62.4 Å². The molecule has 0 spiro atoms. The number of rotatable bonds is 13. The average Bonchev–Trinajstić information content (AvgIpc) is 3.09. The normalized spacial score (nSPS) is 16.4. The lowest BCUT2D eigenvalue weighted by Crippen LogP contribution is -2.24. The number of nitrogens with one attached hydrogen (secondary N) is 4. The van der Waals surface area contributed by atoms with Gasteiger partial charge in [0.1, 0.15) is 0 Å². The number of hydrogen-bond donors (Lipinski definition) is 4. The molecule has 10 heteroatoms. The van der Waals surface area contributed by atoms with E-state index in [4.69, 9.17) is 0 Å². The molecule has 246 valence electrons. The molecule has 0 saturated heterocycles. The Hall–Kier alpha value is -4.34. The first-order valence-corrected chi connectivity index (χ1v) is 16.8. The highest BCUT2D eigenvalue weighted by atomic mass is 16.2. The third kappa shape index (κ3) is 11.2. The Morgan fingerprint density at radius 1 is 0.565 bits per heavy atom. The van der Waals surface area contributed by atoms with Crippen LogP contribution >= 0.6 is 0 Å². The summed E-state index contributed by atoms with van der Waals surface area (Å²) in [4.78, 5) is 49.5. The molecule has 4 rings (SSSR count). The number of hydrogen-bond acceptors (Lipinski definition) is 6. The predicted molar refractivity (Wildman–Crippen MR) is 182 cm³/mol. The summed E-state index contributed by atoms with van der Waals surface area (Å²) in [7, 11) is 0. The van der Waals surface area contributed by atoms with Crippen LogP contribution in [0.2, 0.25) is 0 Å². The van der Waals surface area contributed by atoms with E-state index in [-0.39, 0.29) is 48.3 Å². The summed E-state index contributed by atoms with van der Waals surface area (Å²) >= 11 is 0. The van der Waals surface area contributed by atoms with Crippen LogP contribution in [-0.4, -0.2) is 35.1 Å². The zero-order valence-corrected chi connectivity index (χ0v) is 27.2. The van der Waals surface area contributed by atoms with E-state index in [9.17, 15) is 19.2 Å². The van der Waals surface area contributed by atoms with E-state index in [0.29, 0.717) is 24.3 Å². The summed E-state index contributed by atoms with van der Waals surface area (Å²) in [6, 6.07) is 14.9. The van der Waals surface area contributed by atoms with Gasteiger partial charge in [0.05, 0.1) is 11.4 Å². The molecule has 2 fully saturated rings. The van der Waals surface area contributed by atoms with Crippen LogP contribution < -0.4 is 21.5 Å². The molecule has 0 heterocycles. The van der Waals surface area contributed by atoms with Crippen molar-refractivity contribution < 1.29 is 19.2 Å². The summed E-state index contributed by atoms with van der Waals surface area (Å²) in [5.41, 5.74) is 9.69. The van der Waals surface area contributed by atoms with Crippen LogP contribution in [0.15, 0.2) is 58.7 Å². The van der Waals surface area contributed by atoms with Crippen molar-refractivity contribution in [2.75, 3.05) is 10.6 Å². The van der Waals surface area contributed by atoms with Gasteiger partial charge < -0.3 is 10.6 Å². The van der Waals surface area contributed by atoms with Crippen LogP contribution in [0.3, 0.4) is 0 Å². The number of carbonyl (C=O) groups excluding carboxylic acids is 4. The fraction of sp³-hybridized carbons (Fsp3) is 0.500. The molecular weight excluding hydrogens is 580 g/mol. The Bertz CT molecular complexity index is 1280. The van der Waals surface area contributed by atoms with Crippen molar-refractivity contribution in [2.45, 2.75) is 104 Å². The fourth-order valence-electron chi connectivity index (χ4n) is 5.91. The number of anilines is 2. The van der Waals surface area contributed by atoms with Crippen LogP contribution in [0.25, 0.3) is 0 Å². The lowest BCUT2D eigenvalue weighted by atomic mass is 9.88. The van der Waals surface area contributed by atoms with Crippen LogP contribution in [0.4, 0.5) is 11.4 Å². The molecule has 2 saturated carbocycles. The van der Waals surface area contributed by atoms with E-state index in [2.05, 4.69) is 31.7 Å². The zero-order valence-electron chi connectivity index (χ0n) is 27.2. The van der Waals surface area contributed by atoms with Crippen molar-refractivity contribution >= 4 is 46.4 Å². The summed E-state index contributed by atoms with van der Waals surface area (Å²) < 4.78 is 0. The lowest BCUT2D eigenvalue weighted by Gasteiger charge is -2.20. The molecular formula is C36H48N6O4. The highest BCUT2D eigenvalue weighted by Gasteiger charge is 2.22. The maximum Gasteiger partial charge on any atom is 0.240 e. The van der Waals surface area contributed by atoms with Crippen molar-refractivity contribution in [1.29, 1.82) is 0 Å². The molecule has 0 aliphatic heterocycles. The van der Waals surface area contributed by atoms with Crippen LogP contribution in [0.5, 0.6) is 0 Å². The van der Waals surface area contributed by atoms with Gasteiger partial charge in [0, 0.05) is 36.1 Å². The number of amides is 4. The molecule has 0 unspecified atom stereocenters. The second-order valence-corrected chi connectivity index (χ2v) is 12.5. The third-order valence-corrected chi connectivity index (χ3v) is 8.85. The maximum absolute atomic E-state index is 12.5. The first-order valence-electron chi connectivity index (χ1n) is 16.8. The molecule has 2 aliphatic carbocycles. The standard InChI is InChI=1S/C36H48N6O4/c1-25(27-17-21-31(22-18-27)37-35(45)29-11-5-3-6-12-29)39-41-33(43)15-9-10-16-34(44)42-40-26(2)28-19-23-32(24-20-28)38-36(46)30-13-7-4-8-14-30/h17-24,29-30H,3-16H2,1-2H3,(H,37,45)(H,38,46)(H,41,43)(H,42,44)/b39-25+,40-26+. The van der Waals surface area contributed by atoms with Gasteiger partial charge in [-0.15, -0.1) is 0 Å². The van der Waals surface area contributed by atoms with Gasteiger partial charge in [-0.05, 0) is 87.8 Å². The van der Waals surface area contributed by atoms with Gasteiger partial charge in [-0.3, -0.25) is 19.2 Å². The molecule has 0 atom stereocenters. The monoisotopic (exact) mass is 628 g/mol. The first-order chi connectivity index (χ1) is 22.3. The minimum atomic E-state index is -0.219. The van der Waals surface area contributed by atoms with Gasteiger partial charge in [-0.25, -0.2) is 10.9 Å². The van der Waals surface area contributed by atoms with Gasteiger partial charge >= 0.3 is 0 Å². The largest absolute Gasteiger partial charge is 0.326 e. The van der Waals surface area contributed by atoms with Crippen molar-refractivity contribution in [3.05, 3.63) is 59.7 Å². The topological polar surface area (TPSA) is 141 Å². The number of unbranched alkanes of at least 4 members (excludes halogenated alkanes) is 1. The third-order valence-electron chi connectivity index (χ3n) is 8.85. The van der Waals surface area contributed by atoms with Gasteiger partial charge in [-0.2, -0.15) is 10.2 Å². The SMILES string of the molecule is C/C(=N\NC(=O)CCCCC(=O)N/N=C(\C)c1ccc(NC(=O)C2CCCCC2)cc1)c1ccc(NC(=O)C2CCCCC2)cc1. The molecule has 0 radical (unpaired) electrons. The molecule has 46 heavy (non-hydrogen) atoms. The lowest BCUT2D eigenvalue weighted by molar-refractivity contribution is -0.123. The molecule has 0 aromatic heterocycles. The van der Waals surface area contributed by atoms with Crippen LogP contribution in [0.1, 0.15) is 115 Å². The summed E-state index contributed by atoms with van der Waals surface area (Å²) in [6.45, 7) is 3.63. The van der Waals surface area contributed by atoms with Gasteiger partial charge in [0.2, 0.25) is 23.6 Å². The van der Waals surface area contributed by atoms with Crippen molar-refractivity contribution in [3.8, 4) is 0 Å². The van der Waals surface area contributed by atoms with E-state index in [0.717, 1.165) is 73.9 Å². The molecule has 0 bridgehead atoms. The Morgan fingerprint density at radius 3 is 1.26 bits per heavy atom. The fourth-order valence-corrected chi connectivity index (χ4v) is 5.91. The Balaban J connectivity index is 1.10. The van der Waals surface area contributed by atoms with E-state index in [1.54, 1.807) is 0 Å².